The number of carbonyl (C=O) groups excluding carboxylic acids is 1. The molecule has 160 valence electrons. The van der Waals surface area contributed by atoms with Crippen LogP contribution in [0.3, 0.4) is 0 Å². The van der Waals surface area contributed by atoms with Crippen molar-refractivity contribution in [3.63, 3.8) is 0 Å². The summed E-state index contributed by atoms with van der Waals surface area (Å²) in [6, 6.07) is 28.7. The lowest BCUT2D eigenvalue weighted by molar-refractivity contribution is -0.120. The van der Waals surface area contributed by atoms with Crippen LogP contribution in [0.5, 0.6) is 0 Å². The van der Waals surface area contributed by atoms with E-state index in [9.17, 15) is 4.79 Å². The summed E-state index contributed by atoms with van der Waals surface area (Å²) in [5, 5.41) is 3.18. The Bertz CT molecular complexity index is 974. The maximum atomic E-state index is 13.1. The number of amides is 1. The topological polar surface area (TPSA) is 35.6 Å². The molecule has 3 aromatic carbocycles. The molecule has 0 aromatic heterocycles. The first-order valence-corrected chi connectivity index (χ1v) is 11.2. The summed E-state index contributed by atoms with van der Waals surface area (Å²) in [5.41, 5.74) is 4.37. The molecule has 1 aliphatic heterocycles. The van der Waals surface area contributed by atoms with Crippen LogP contribution in [0.1, 0.15) is 18.9 Å². The molecule has 0 radical (unpaired) electrons. The highest BCUT2D eigenvalue weighted by Crippen LogP contribution is 2.27. The Morgan fingerprint density at radius 2 is 1.52 bits per heavy atom. The monoisotopic (exact) mass is 413 g/mol. The van der Waals surface area contributed by atoms with Crippen molar-refractivity contribution in [2.45, 2.75) is 25.9 Å². The van der Waals surface area contributed by atoms with E-state index in [0.717, 1.165) is 56.0 Å². The lowest BCUT2D eigenvalue weighted by atomic mass is 10.0. The smallest absolute Gasteiger partial charge is 0.241 e. The van der Waals surface area contributed by atoms with Crippen LogP contribution in [0.25, 0.3) is 11.1 Å². The minimum absolute atomic E-state index is 0.0555. The van der Waals surface area contributed by atoms with E-state index in [0.29, 0.717) is 0 Å². The number of nitrogens with zero attached hydrogens (tertiary/aromatic N) is 2. The predicted octanol–water partition coefficient (Wildman–Crippen LogP) is 4.89. The van der Waals surface area contributed by atoms with Crippen molar-refractivity contribution in [3.05, 3.63) is 90.5 Å². The number of carbonyl (C=O) groups is 1. The van der Waals surface area contributed by atoms with Crippen LogP contribution in [0.2, 0.25) is 0 Å². The van der Waals surface area contributed by atoms with Crippen molar-refractivity contribution in [1.29, 1.82) is 0 Å². The maximum Gasteiger partial charge on any atom is 0.241 e. The van der Waals surface area contributed by atoms with Gasteiger partial charge in [-0.3, -0.25) is 14.6 Å². The van der Waals surface area contributed by atoms with Crippen molar-refractivity contribution in [3.8, 4) is 11.1 Å². The van der Waals surface area contributed by atoms with Crippen LogP contribution in [-0.4, -0.2) is 47.9 Å². The molecular weight excluding hydrogens is 382 g/mol. The number of rotatable bonds is 6. The third-order valence-corrected chi connectivity index (χ3v) is 6.07. The zero-order valence-electron chi connectivity index (χ0n) is 18.2. The van der Waals surface area contributed by atoms with E-state index in [2.05, 4.69) is 63.6 Å². The molecule has 1 aliphatic rings. The fraction of sp³-hybridized carbons (Fsp3) is 0.296. The van der Waals surface area contributed by atoms with Crippen molar-refractivity contribution in [2.24, 2.45) is 0 Å². The number of hydrogen-bond acceptors (Lipinski definition) is 3. The van der Waals surface area contributed by atoms with E-state index in [4.69, 9.17) is 0 Å². The zero-order chi connectivity index (χ0) is 21.5. The Morgan fingerprint density at radius 1 is 0.839 bits per heavy atom. The van der Waals surface area contributed by atoms with Crippen molar-refractivity contribution >= 4 is 11.6 Å². The van der Waals surface area contributed by atoms with E-state index in [1.54, 1.807) is 0 Å². The maximum absolute atomic E-state index is 13.1. The molecule has 3 aromatic rings. The second kappa shape index (κ2) is 10.4. The molecule has 1 heterocycles. The fourth-order valence-corrected chi connectivity index (χ4v) is 4.24. The third-order valence-electron chi connectivity index (χ3n) is 6.07. The summed E-state index contributed by atoms with van der Waals surface area (Å²) < 4.78 is 0. The zero-order valence-corrected chi connectivity index (χ0v) is 18.2. The van der Waals surface area contributed by atoms with Crippen LogP contribution in [0.15, 0.2) is 84.9 Å². The van der Waals surface area contributed by atoms with Gasteiger partial charge in [0.1, 0.15) is 0 Å². The highest BCUT2D eigenvalue weighted by molar-refractivity contribution is 5.98. The molecule has 1 N–H and O–H groups in total. The van der Waals surface area contributed by atoms with Gasteiger partial charge in [0.25, 0.3) is 0 Å². The molecule has 1 saturated heterocycles. The lowest BCUT2D eigenvalue weighted by Gasteiger charge is -2.27. The van der Waals surface area contributed by atoms with Gasteiger partial charge in [0, 0.05) is 37.4 Å². The SMILES string of the molecule is CC(C(=O)Nc1ccccc1-c1ccccc1)N1CCCN(Cc2ccccc2)CC1. The van der Waals surface area contributed by atoms with Gasteiger partial charge in [0.05, 0.1) is 6.04 Å². The molecule has 0 saturated carbocycles. The summed E-state index contributed by atoms with van der Waals surface area (Å²) in [5.74, 6) is 0.0555. The first-order chi connectivity index (χ1) is 15.2. The quantitative estimate of drug-likeness (QED) is 0.625. The summed E-state index contributed by atoms with van der Waals surface area (Å²) >= 11 is 0. The second-order valence-corrected chi connectivity index (χ2v) is 8.23. The number of benzene rings is 3. The van der Waals surface area contributed by atoms with Crippen LogP contribution in [-0.2, 0) is 11.3 Å². The highest BCUT2D eigenvalue weighted by atomic mass is 16.2. The summed E-state index contributed by atoms with van der Waals surface area (Å²) in [6.45, 7) is 6.89. The summed E-state index contributed by atoms with van der Waals surface area (Å²) in [4.78, 5) is 17.9. The fourth-order valence-electron chi connectivity index (χ4n) is 4.24. The van der Waals surface area contributed by atoms with Gasteiger partial charge in [-0.15, -0.1) is 0 Å². The van der Waals surface area contributed by atoms with Gasteiger partial charge in [-0.2, -0.15) is 0 Å². The summed E-state index contributed by atoms with van der Waals surface area (Å²) in [6.07, 6.45) is 1.07. The Hall–Kier alpha value is -2.95. The minimum Gasteiger partial charge on any atom is -0.324 e. The Balaban J connectivity index is 1.38. The second-order valence-electron chi connectivity index (χ2n) is 8.23. The largest absolute Gasteiger partial charge is 0.324 e. The molecule has 31 heavy (non-hydrogen) atoms. The van der Waals surface area contributed by atoms with Gasteiger partial charge in [-0.1, -0.05) is 78.9 Å². The van der Waals surface area contributed by atoms with Crippen molar-refractivity contribution < 1.29 is 4.79 Å². The molecule has 4 rings (SSSR count). The van der Waals surface area contributed by atoms with E-state index < -0.39 is 0 Å². The molecular formula is C27H31N3O. The molecule has 0 aliphatic carbocycles. The van der Waals surface area contributed by atoms with Gasteiger partial charge >= 0.3 is 0 Å². The molecule has 4 heteroatoms. The standard InChI is InChI=1S/C27H31N3O/c1-22(30-18-10-17-29(19-20-30)21-23-11-4-2-5-12-23)27(31)28-26-16-9-8-15-25(26)24-13-6-3-7-14-24/h2-9,11-16,22H,10,17-21H2,1H3,(H,28,31). The van der Waals surface area contributed by atoms with Gasteiger partial charge < -0.3 is 5.32 Å². The molecule has 1 atom stereocenters. The van der Waals surface area contributed by atoms with Gasteiger partial charge in [-0.25, -0.2) is 0 Å². The molecule has 0 spiro atoms. The van der Waals surface area contributed by atoms with Crippen LogP contribution < -0.4 is 5.32 Å². The van der Waals surface area contributed by atoms with E-state index in [1.807, 2.05) is 43.3 Å². The number of nitrogens with one attached hydrogen (secondary N) is 1. The first-order valence-electron chi connectivity index (χ1n) is 11.2. The number of para-hydroxylation sites is 1. The third kappa shape index (κ3) is 5.60. The highest BCUT2D eigenvalue weighted by Gasteiger charge is 2.24. The van der Waals surface area contributed by atoms with E-state index >= 15 is 0 Å². The first kappa shape index (κ1) is 21.3. The average molecular weight is 414 g/mol. The molecule has 4 nitrogen and oxygen atoms in total. The van der Waals surface area contributed by atoms with Crippen molar-refractivity contribution in [1.82, 2.24) is 9.80 Å². The van der Waals surface area contributed by atoms with Crippen LogP contribution in [0.4, 0.5) is 5.69 Å². The van der Waals surface area contributed by atoms with Gasteiger partial charge in [-0.05, 0) is 37.1 Å². The summed E-state index contributed by atoms with van der Waals surface area (Å²) in [7, 11) is 0. The predicted molar refractivity (Wildman–Crippen MR) is 128 cm³/mol. The van der Waals surface area contributed by atoms with Crippen molar-refractivity contribution in [2.75, 3.05) is 31.5 Å². The van der Waals surface area contributed by atoms with Crippen LogP contribution >= 0.6 is 0 Å². The van der Waals surface area contributed by atoms with Gasteiger partial charge in [0.15, 0.2) is 0 Å². The van der Waals surface area contributed by atoms with E-state index in [1.165, 1.54) is 5.56 Å². The molecule has 0 bridgehead atoms. The Labute approximate surface area is 185 Å². The van der Waals surface area contributed by atoms with E-state index in [-0.39, 0.29) is 11.9 Å². The average Bonchev–Trinajstić information content (AvgIpc) is 3.06. The van der Waals surface area contributed by atoms with Crippen LogP contribution in [0, 0.1) is 0 Å². The molecule has 1 amide bonds. The van der Waals surface area contributed by atoms with Gasteiger partial charge in [0.2, 0.25) is 5.91 Å². The molecule has 1 unspecified atom stereocenters. The number of anilines is 1. The normalized spacial score (nSPS) is 16.4. The Morgan fingerprint density at radius 3 is 2.29 bits per heavy atom. The lowest BCUT2D eigenvalue weighted by Crippen LogP contribution is -2.43. The minimum atomic E-state index is -0.166. The molecule has 1 fully saturated rings. The Kier molecular flexibility index (Phi) is 7.13. The number of hydrogen-bond donors (Lipinski definition) is 1.